The largest absolute Gasteiger partial charge is 0.490 e. The number of benzene rings is 1. The maximum atomic E-state index is 13.1. The molecule has 0 bridgehead atoms. The number of nitrogens with zero attached hydrogens (tertiary/aromatic N) is 2. The van der Waals surface area contributed by atoms with E-state index in [9.17, 15) is 4.79 Å². The Kier molecular flexibility index (Phi) is 7.72. The van der Waals surface area contributed by atoms with Crippen molar-refractivity contribution in [3.8, 4) is 5.75 Å². The number of likely N-dealkylation sites (N-methyl/N-ethyl adjacent to an activating group) is 1. The second-order valence-corrected chi connectivity index (χ2v) is 9.50. The number of carbonyl (C=O) groups excluding carboxylic acids is 1. The molecule has 0 spiro atoms. The van der Waals surface area contributed by atoms with Gasteiger partial charge in [0.2, 0.25) is 0 Å². The fourth-order valence-electron chi connectivity index (χ4n) is 5.44. The van der Waals surface area contributed by atoms with E-state index in [2.05, 4.69) is 29.1 Å². The number of nitrogens with one attached hydrogen (secondary N) is 1. The molecular weight excluding hydrogens is 390 g/mol. The molecule has 1 amide bonds. The van der Waals surface area contributed by atoms with E-state index in [1.165, 1.54) is 38.6 Å². The molecule has 1 saturated heterocycles. The summed E-state index contributed by atoms with van der Waals surface area (Å²) in [6.07, 6.45) is 7.28. The minimum absolute atomic E-state index is 0.0318. The van der Waals surface area contributed by atoms with Crippen molar-refractivity contribution in [2.45, 2.75) is 51.5 Å². The van der Waals surface area contributed by atoms with E-state index in [1.54, 1.807) is 0 Å². The van der Waals surface area contributed by atoms with Crippen LogP contribution in [-0.4, -0.2) is 69.9 Å². The van der Waals surface area contributed by atoms with Gasteiger partial charge in [-0.3, -0.25) is 4.79 Å². The molecule has 1 aliphatic carbocycles. The van der Waals surface area contributed by atoms with Crippen LogP contribution < -0.4 is 15.0 Å². The van der Waals surface area contributed by atoms with Gasteiger partial charge in [0.15, 0.2) is 0 Å². The molecule has 0 radical (unpaired) electrons. The van der Waals surface area contributed by atoms with Crippen LogP contribution in [0.4, 0.5) is 5.69 Å². The number of likely N-dealkylation sites (tertiary alicyclic amines) is 1. The fraction of sp³-hybridized carbons (Fsp3) is 0.720. The number of ether oxygens (including phenoxy) is 2. The molecule has 6 nitrogen and oxygen atoms in total. The number of rotatable bonds is 7. The van der Waals surface area contributed by atoms with E-state index in [0.717, 1.165) is 50.7 Å². The minimum atomic E-state index is 0.0318. The summed E-state index contributed by atoms with van der Waals surface area (Å²) in [4.78, 5) is 17.9. The summed E-state index contributed by atoms with van der Waals surface area (Å²) < 4.78 is 11.5. The van der Waals surface area contributed by atoms with E-state index in [4.69, 9.17) is 9.47 Å². The van der Waals surface area contributed by atoms with Gasteiger partial charge in [0.25, 0.3) is 5.91 Å². The molecule has 1 N–H and O–H groups in total. The summed E-state index contributed by atoms with van der Waals surface area (Å²) in [6.45, 7) is 8.70. The van der Waals surface area contributed by atoms with E-state index < -0.39 is 0 Å². The first-order chi connectivity index (χ1) is 15.1. The second-order valence-electron chi connectivity index (χ2n) is 9.50. The molecule has 1 aromatic carbocycles. The fourth-order valence-corrected chi connectivity index (χ4v) is 5.44. The number of anilines is 1. The highest BCUT2D eigenvalue weighted by Crippen LogP contribution is 2.32. The van der Waals surface area contributed by atoms with Crippen LogP contribution in [0, 0.1) is 11.8 Å². The van der Waals surface area contributed by atoms with Gasteiger partial charge in [-0.1, -0.05) is 12.8 Å². The van der Waals surface area contributed by atoms with E-state index in [0.29, 0.717) is 24.0 Å². The van der Waals surface area contributed by atoms with Gasteiger partial charge in [-0.25, -0.2) is 0 Å². The van der Waals surface area contributed by atoms with Crippen molar-refractivity contribution in [3.63, 3.8) is 0 Å². The summed E-state index contributed by atoms with van der Waals surface area (Å²) >= 11 is 0. The Morgan fingerprint density at radius 1 is 1.19 bits per heavy atom. The topological polar surface area (TPSA) is 54.0 Å². The highest BCUT2D eigenvalue weighted by atomic mass is 16.5. The summed E-state index contributed by atoms with van der Waals surface area (Å²) in [7, 11) is 2.06. The third kappa shape index (κ3) is 5.72. The molecule has 3 aliphatic rings. The Morgan fingerprint density at radius 3 is 2.94 bits per heavy atom. The number of hydrogen-bond donors (Lipinski definition) is 1. The van der Waals surface area contributed by atoms with Crippen molar-refractivity contribution >= 4 is 11.6 Å². The van der Waals surface area contributed by atoms with Crippen LogP contribution in [0.2, 0.25) is 0 Å². The predicted octanol–water partition coefficient (Wildman–Crippen LogP) is 3.55. The Hall–Kier alpha value is -1.79. The lowest BCUT2D eigenvalue weighted by Crippen LogP contribution is -2.48. The zero-order valence-corrected chi connectivity index (χ0v) is 19.3. The maximum absolute atomic E-state index is 13.1. The van der Waals surface area contributed by atoms with E-state index in [1.807, 2.05) is 18.2 Å². The van der Waals surface area contributed by atoms with Crippen molar-refractivity contribution in [1.82, 2.24) is 10.2 Å². The molecule has 4 rings (SSSR count). The molecule has 1 aromatic rings. The number of hydrogen-bond acceptors (Lipinski definition) is 5. The predicted molar refractivity (Wildman–Crippen MR) is 124 cm³/mol. The van der Waals surface area contributed by atoms with Crippen LogP contribution in [0.15, 0.2) is 18.2 Å². The van der Waals surface area contributed by atoms with Crippen LogP contribution in [0.1, 0.15) is 55.8 Å². The van der Waals surface area contributed by atoms with Gasteiger partial charge in [-0.05, 0) is 69.2 Å². The van der Waals surface area contributed by atoms with Crippen LogP contribution >= 0.6 is 0 Å². The zero-order valence-electron chi connectivity index (χ0n) is 19.3. The van der Waals surface area contributed by atoms with Crippen LogP contribution in [-0.2, 0) is 4.74 Å². The summed E-state index contributed by atoms with van der Waals surface area (Å²) in [5.74, 6) is 2.03. The molecule has 1 saturated carbocycles. The first-order valence-corrected chi connectivity index (χ1v) is 12.2. The summed E-state index contributed by atoms with van der Waals surface area (Å²) in [5, 5.41) is 3.38. The third-order valence-corrected chi connectivity index (χ3v) is 7.20. The number of fused-ring (bicyclic) bond motifs is 1. The molecule has 3 atom stereocenters. The average molecular weight is 430 g/mol. The Bertz CT molecular complexity index is 741. The summed E-state index contributed by atoms with van der Waals surface area (Å²) in [6, 6.07) is 6.10. The molecule has 0 unspecified atom stereocenters. The SMILES string of the molecule is CCOC[C@@H]1CCCN(C[C@H]2CCCC[C@@H]2NC(=O)c2ccc3c(c2)OCCN3C)C1. The van der Waals surface area contributed by atoms with Crippen molar-refractivity contribution in [1.29, 1.82) is 0 Å². The molecule has 2 heterocycles. The smallest absolute Gasteiger partial charge is 0.251 e. The van der Waals surface area contributed by atoms with E-state index in [-0.39, 0.29) is 11.9 Å². The monoisotopic (exact) mass is 429 g/mol. The number of carbonyl (C=O) groups is 1. The average Bonchev–Trinajstić information content (AvgIpc) is 2.79. The zero-order chi connectivity index (χ0) is 21.6. The van der Waals surface area contributed by atoms with Gasteiger partial charge in [0.05, 0.1) is 18.8 Å². The van der Waals surface area contributed by atoms with Crippen molar-refractivity contribution < 1.29 is 14.3 Å². The third-order valence-electron chi connectivity index (χ3n) is 7.20. The minimum Gasteiger partial charge on any atom is -0.490 e. The maximum Gasteiger partial charge on any atom is 0.251 e. The lowest BCUT2D eigenvalue weighted by molar-refractivity contribution is 0.0548. The van der Waals surface area contributed by atoms with Gasteiger partial charge in [-0.15, -0.1) is 0 Å². The van der Waals surface area contributed by atoms with Gasteiger partial charge >= 0.3 is 0 Å². The van der Waals surface area contributed by atoms with Gasteiger partial charge < -0.3 is 24.6 Å². The Balaban J connectivity index is 1.36. The van der Waals surface area contributed by atoms with Gasteiger partial charge in [-0.2, -0.15) is 0 Å². The van der Waals surface area contributed by atoms with Crippen molar-refractivity contribution in [2.75, 3.05) is 57.9 Å². The normalized spacial score (nSPS) is 26.8. The van der Waals surface area contributed by atoms with Crippen LogP contribution in [0.25, 0.3) is 0 Å². The lowest BCUT2D eigenvalue weighted by atomic mass is 9.83. The molecule has 6 heteroatoms. The second kappa shape index (κ2) is 10.7. The summed E-state index contributed by atoms with van der Waals surface area (Å²) in [5.41, 5.74) is 1.76. The van der Waals surface area contributed by atoms with E-state index >= 15 is 0 Å². The standard InChI is InChI=1S/C25H39N3O3/c1-3-30-18-19-7-6-12-28(16-19)17-21-8-4-5-9-22(21)26-25(29)20-10-11-23-24(15-20)31-14-13-27(23)2/h10-11,15,19,21-22H,3-9,12-14,16-18H2,1-2H3,(H,26,29)/t19-,21-,22+/m1/s1. The van der Waals surface area contributed by atoms with Crippen LogP contribution in [0.5, 0.6) is 5.75 Å². The quantitative estimate of drug-likeness (QED) is 0.718. The van der Waals surface area contributed by atoms with Crippen molar-refractivity contribution in [3.05, 3.63) is 23.8 Å². The van der Waals surface area contributed by atoms with Crippen molar-refractivity contribution in [2.24, 2.45) is 11.8 Å². The molecule has 0 aromatic heterocycles. The molecule has 2 fully saturated rings. The molecule has 2 aliphatic heterocycles. The first kappa shape index (κ1) is 22.4. The van der Waals surface area contributed by atoms with Gasteiger partial charge in [0, 0.05) is 38.3 Å². The highest BCUT2D eigenvalue weighted by Gasteiger charge is 2.30. The molecular formula is C25H39N3O3. The molecule has 172 valence electrons. The Labute approximate surface area is 187 Å². The van der Waals surface area contributed by atoms with Gasteiger partial charge in [0.1, 0.15) is 12.4 Å². The lowest BCUT2D eigenvalue weighted by Gasteiger charge is -2.39. The number of piperidine rings is 1. The Morgan fingerprint density at radius 2 is 2.06 bits per heavy atom. The highest BCUT2D eigenvalue weighted by molar-refractivity contribution is 5.95. The first-order valence-electron chi connectivity index (χ1n) is 12.2. The van der Waals surface area contributed by atoms with Crippen LogP contribution in [0.3, 0.4) is 0 Å². The number of amides is 1. The molecule has 31 heavy (non-hydrogen) atoms.